The lowest BCUT2D eigenvalue weighted by Crippen LogP contribution is -2.21. The molecule has 0 saturated heterocycles. The zero-order valence-corrected chi connectivity index (χ0v) is 13.1. The minimum atomic E-state index is 0.769. The summed E-state index contributed by atoms with van der Waals surface area (Å²) in [7, 11) is 1.73. The van der Waals surface area contributed by atoms with Crippen LogP contribution in [0.5, 0.6) is 0 Å². The summed E-state index contributed by atoms with van der Waals surface area (Å²) in [6.45, 7) is 2.64. The zero-order valence-electron chi connectivity index (χ0n) is 12.3. The summed E-state index contributed by atoms with van der Waals surface area (Å²) in [5.74, 6) is 2.92. The summed E-state index contributed by atoms with van der Waals surface area (Å²) >= 11 is 1.82. The molecule has 3 rings (SSSR count). The van der Waals surface area contributed by atoms with Gasteiger partial charge in [-0.15, -0.1) is 21.5 Å². The SMILES string of the molecule is COCCNCCc1nnc(CC2CC3CCC2C3)s1. The number of fused-ring (bicyclic) bond motifs is 2. The second-order valence-corrected chi connectivity index (χ2v) is 7.37. The quantitative estimate of drug-likeness (QED) is 0.748. The van der Waals surface area contributed by atoms with Gasteiger partial charge in [0.05, 0.1) is 6.61 Å². The third kappa shape index (κ3) is 3.57. The lowest BCUT2D eigenvalue weighted by molar-refractivity contribution is 0.199. The third-order valence-corrected chi connectivity index (χ3v) is 5.83. The molecule has 3 atom stereocenters. The van der Waals surface area contributed by atoms with Crippen molar-refractivity contribution >= 4 is 11.3 Å². The van der Waals surface area contributed by atoms with E-state index >= 15 is 0 Å². The van der Waals surface area contributed by atoms with Crippen LogP contribution in [-0.2, 0) is 17.6 Å². The highest BCUT2D eigenvalue weighted by atomic mass is 32.1. The van der Waals surface area contributed by atoms with E-state index in [0.29, 0.717) is 0 Å². The van der Waals surface area contributed by atoms with Crippen LogP contribution in [0.3, 0.4) is 0 Å². The minimum Gasteiger partial charge on any atom is -0.383 e. The van der Waals surface area contributed by atoms with Gasteiger partial charge in [0.1, 0.15) is 10.0 Å². The maximum absolute atomic E-state index is 5.01. The van der Waals surface area contributed by atoms with E-state index in [9.17, 15) is 0 Å². The maximum Gasteiger partial charge on any atom is 0.118 e. The molecule has 2 aliphatic carbocycles. The monoisotopic (exact) mass is 295 g/mol. The van der Waals surface area contributed by atoms with Crippen molar-refractivity contribution in [2.24, 2.45) is 17.8 Å². The van der Waals surface area contributed by atoms with Crippen molar-refractivity contribution < 1.29 is 4.74 Å². The highest BCUT2D eigenvalue weighted by Crippen LogP contribution is 2.49. The maximum atomic E-state index is 5.01. The van der Waals surface area contributed by atoms with Crippen molar-refractivity contribution in [3.63, 3.8) is 0 Å². The van der Waals surface area contributed by atoms with E-state index in [1.54, 1.807) is 7.11 Å². The Labute approximate surface area is 125 Å². The van der Waals surface area contributed by atoms with Crippen molar-refractivity contribution in [2.45, 2.75) is 38.5 Å². The lowest BCUT2D eigenvalue weighted by Gasteiger charge is -2.19. The molecule has 0 spiro atoms. The topological polar surface area (TPSA) is 47.0 Å². The van der Waals surface area contributed by atoms with Gasteiger partial charge in [0.25, 0.3) is 0 Å². The van der Waals surface area contributed by atoms with Crippen molar-refractivity contribution in [3.05, 3.63) is 10.0 Å². The molecule has 3 unspecified atom stereocenters. The summed E-state index contributed by atoms with van der Waals surface area (Å²) in [5, 5.41) is 14.5. The number of hydrogen-bond acceptors (Lipinski definition) is 5. The van der Waals surface area contributed by atoms with Gasteiger partial charge >= 0.3 is 0 Å². The molecule has 1 aromatic rings. The molecule has 1 aromatic heterocycles. The number of hydrogen-bond donors (Lipinski definition) is 1. The van der Waals surface area contributed by atoms with Crippen molar-refractivity contribution in [2.75, 3.05) is 26.8 Å². The normalized spacial score (nSPS) is 28.4. The highest BCUT2D eigenvalue weighted by molar-refractivity contribution is 7.11. The molecular formula is C15H25N3OS. The predicted octanol–water partition coefficient (Wildman–Crippen LogP) is 2.30. The molecule has 1 heterocycles. The molecule has 2 fully saturated rings. The van der Waals surface area contributed by atoms with Crippen LogP contribution in [0.1, 0.15) is 35.7 Å². The first kappa shape index (κ1) is 14.4. The van der Waals surface area contributed by atoms with Crippen LogP contribution in [0, 0.1) is 17.8 Å². The Morgan fingerprint density at radius 1 is 1.20 bits per heavy atom. The van der Waals surface area contributed by atoms with E-state index < -0.39 is 0 Å². The number of rotatable bonds is 8. The fourth-order valence-corrected chi connectivity index (χ4v) is 4.75. The van der Waals surface area contributed by atoms with E-state index in [4.69, 9.17) is 4.74 Å². The van der Waals surface area contributed by atoms with Crippen LogP contribution in [0.4, 0.5) is 0 Å². The van der Waals surface area contributed by atoms with Crippen LogP contribution in [-0.4, -0.2) is 37.0 Å². The van der Waals surface area contributed by atoms with Gasteiger partial charge in [-0.3, -0.25) is 0 Å². The molecule has 2 bridgehead atoms. The van der Waals surface area contributed by atoms with Gasteiger partial charge < -0.3 is 10.1 Å². The Morgan fingerprint density at radius 2 is 2.10 bits per heavy atom. The first-order valence-electron chi connectivity index (χ1n) is 7.86. The number of aromatic nitrogens is 2. The Kier molecular flexibility index (Phi) is 5.02. The molecule has 112 valence electrons. The Hall–Kier alpha value is -0.520. The Bertz CT molecular complexity index is 423. The van der Waals surface area contributed by atoms with Gasteiger partial charge in [-0.1, -0.05) is 6.42 Å². The first-order valence-corrected chi connectivity index (χ1v) is 8.67. The molecule has 0 aliphatic heterocycles. The van der Waals surface area contributed by atoms with Gasteiger partial charge in [0.2, 0.25) is 0 Å². The van der Waals surface area contributed by atoms with Gasteiger partial charge in [-0.25, -0.2) is 0 Å². The minimum absolute atomic E-state index is 0.769. The van der Waals surface area contributed by atoms with E-state index in [2.05, 4.69) is 15.5 Å². The molecular weight excluding hydrogens is 270 g/mol. The number of nitrogens with one attached hydrogen (secondary N) is 1. The van der Waals surface area contributed by atoms with Crippen molar-refractivity contribution in [1.82, 2.24) is 15.5 Å². The summed E-state index contributed by atoms with van der Waals surface area (Å²) < 4.78 is 5.01. The predicted molar refractivity (Wildman–Crippen MR) is 81.0 cm³/mol. The van der Waals surface area contributed by atoms with E-state index in [0.717, 1.165) is 43.9 Å². The second kappa shape index (κ2) is 6.96. The van der Waals surface area contributed by atoms with Crippen LogP contribution in [0.15, 0.2) is 0 Å². The van der Waals surface area contributed by atoms with Crippen molar-refractivity contribution in [3.8, 4) is 0 Å². The number of methoxy groups -OCH3 is 1. The van der Waals surface area contributed by atoms with Crippen LogP contribution in [0.25, 0.3) is 0 Å². The summed E-state index contributed by atoms with van der Waals surface area (Å²) in [5.41, 5.74) is 0. The zero-order chi connectivity index (χ0) is 13.8. The average Bonchev–Trinajstić information content (AvgIpc) is 3.15. The highest BCUT2D eigenvalue weighted by Gasteiger charge is 2.39. The van der Waals surface area contributed by atoms with Crippen LogP contribution >= 0.6 is 11.3 Å². The lowest BCUT2D eigenvalue weighted by atomic mass is 9.87. The largest absolute Gasteiger partial charge is 0.383 e. The molecule has 1 N–H and O–H groups in total. The fourth-order valence-electron chi connectivity index (χ4n) is 3.82. The standard InChI is InChI=1S/C15H25N3OS/c1-19-7-6-16-5-4-14-17-18-15(20-14)10-13-9-11-2-3-12(13)8-11/h11-13,16H,2-10H2,1H3. The molecule has 2 aliphatic rings. The molecule has 4 nitrogen and oxygen atoms in total. The molecule has 20 heavy (non-hydrogen) atoms. The number of ether oxygens (including phenoxy) is 1. The van der Waals surface area contributed by atoms with Gasteiger partial charge in [0.15, 0.2) is 0 Å². The summed E-state index contributed by atoms with van der Waals surface area (Å²) in [4.78, 5) is 0. The second-order valence-electron chi connectivity index (χ2n) is 6.22. The van der Waals surface area contributed by atoms with Gasteiger partial charge in [-0.05, 0) is 37.0 Å². The molecule has 0 aromatic carbocycles. The van der Waals surface area contributed by atoms with E-state index in [-0.39, 0.29) is 0 Å². The van der Waals surface area contributed by atoms with E-state index in [1.807, 2.05) is 11.3 Å². The van der Waals surface area contributed by atoms with Crippen molar-refractivity contribution in [1.29, 1.82) is 0 Å². The van der Waals surface area contributed by atoms with Crippen LogP contribution < -0.4 is 5.32 Å². The molecule has 2 saturated carbocycles. The fraction of sp³-hybridized carbons (Fsp3) is 0.867. The molecule has 0 radical (unpaired) electrons. The van der Waals surface area contributed by atoms with Crippen LogP contribution in [0.2, 0.25) is 0 Å². The Morgan fingerprint density at radius 3 is 2.85 bits per heavy atom. The van der Waals surface area contributed by atoms with E-state index in [1.165, 1.54) is 42.1 Å². The first-order chi connectivity index (χ1) is 9.85. The third-order valence-electron chi connectivity index (χ3n) is 4.83. The number of nitrogens with zero attached hydrogens (tertiary/aromatic N) is 2. The smallest absolute Gasteiger partial charge is 0.118 e. The molecule has 5 heteroatoms. The molecule has 0 amide bonds. The summed E-state index contributed by atoms with van der Waals surface area (Å²) in [6, 6.07) is 0. The van der Waals surface area contributed by atoms with Gasteiger partial charge in [-0.2, -0.15) is 0 Å². The Balaban J connectivity index is 1.40. The average molecular weight is 295 g/mol. The van der Waals surface area contributed by atoms with Gasteiger partial charge in [0, 0.05) is 33.0 Å². The summed E-state index contributed by atoms with van der Waals surface area (Å²) in [6.07, 6.45) is 8.03.